The predicted octanol–water partition coefficient (Wildman–Crippen LogP) is 2.82. The van der Waals surface area contributed by atoms with Crippen LogP contribution in [0.4, 0.5) is 8.78 Å². The summed E-state index contributed by atoms with van der Waals surface area (Å²) < 4.78 is 26.4. The van der Waals surface area contributed by atoms with Crippen LogP contribution in [0.2, 0.25) is 0 Å². The maximum atomic E-state index is 13.4. The van der Waals surface area contributed by atoms with E-state index < -0.39 is 29.6 Å². The number of carboxylic acid groups (broad SMARTS) is 1. The van der Waals surface area contributed by atoms with Gasteiger partial charge in [0.15, 0.2) is 11.6 Å². The Morgan fingerprint density at radius 1 is 1.14 bits per heavy atom. The summed E-state index contributed by atoms with van der Waals surface area (Å²) in [6.45, 7) is 0. The molecule has 2 aliphatic rings. The Kier molecular flexibility index (Phi) is 3.85. The van der Waals surface area contributed by atoms with E-state index in [2.05, 4.69) is 0 Å². The van der Waals surface area contributed by atoms with Crippen molar-refractivity contribution in [3.8, 4) is 0 Å². The molecule has 1 aromatic carbocycles. The van der Waals surface area contributed by atoms with Gasteiger partial charge >= 0.3 is 5.97 Å². The smallest absolute Gasteiger partial charge is 0.326 e. The van der Waals surface area contributed by atoms with Gasteiger partial charge in [-0.05, 0) is 43.4 Å². The third kappa shape index (κ3) is 2.46. The van der Waals surface area contributed by atoms with E-state index in [1.165, 1.54) is 11.0 Å². The van der Waals surface area contributed by atoms with Crippen molar-refractivity contribution >= 4 is 11.9 Å². The highest BCUT2D eigenvalue weighted by atomic mass is 19.2. The Bertz CT molecular complexity index is 619. The van der Waals surface area contributed by atoms with Crippen LogP contribution in [0.15, 0.2) is 18.2 Å². The molecule has 1 aromatic rings. The molecule has 1 saturated carbocycles. The van der Waals surface area contributed by atoms with Crippen LogP contribution in [0.3, 0.4) is 0 Å². The molecule has 1 N–H and O–H groups in total. The minimum Gasteiger partial charge on any atom is -0.480 e. The lowest BCUT2D eigenvalue weighted by atomic mass is 9.84. The van der Waals surface area contributed by atoms with Crippen molar-refractivity contribution in [2.45, 2.75) is 44.2 Å². The fourth-order valence-electron chi connectivity index (χ4n) is 3.75. The quantitative estimate of drug-likeness (QED) is 0.914. The molecule has 1 saturated heterocycles. The van der Waals surface area contributed by atoms with Gasteiger partial charge in [0, 0.05) is 11.6 Å². The molecule has 2 fully saturated rings. The molecule has 0 radical (unpaired) electrons. The maximum absolute atomic E-state index is 13.4. The molecule has 6 heteroatoms. The van der Waals surface area contributed by atoms with Gasteiger partial charge in [-0.15, -0.1) is 0 Å². The maximum Gasteiger partial charge on any atom is 0.326 e. The van der Waals surface area contributed by atoms with Crippen LogP contribution in [-0.4, -0.2) is 34.0 Å². The van der Waals surface area contributed by atoms with Crippen molar-refractivity contribution in [3.05, 3.63) is 35.4 Å². The number of benzene rings is 1. The molecule has 0 unspecified atom stereocenters. The monoisotopic (exact) mass is 309 g/mol. The molecule has 118 valence electrons. The zero-order chi connectivity index (χ0) is 15.9. The SMILES string of the molecule is O=C(O)[C@@H]1C[C@H]2CCCC[C@H]2N1C(=O)c1ccc(F)c(F)c1. The molecule has 0 aromatic heterocycles. The third-order valence-corrected chi connectivity index (χ3v) is 4.77. The van der Waals surface area contributed by atoms with E-state index in [4.69, 9.17) is 0 Å². The molecule has 3 atom stereocenters. The van der Waals surface area contributed by atoms with Crippen molar-refractivity contribution in [2.75, 3.05) is 0 Å². The first kappa shape index (κ1) is 14.9. The predicted molar refractivity (Wildman–Crippen MR) is 74.3 cm³/mol. The van der Waals surface area contributed by atoms with Crippen LogP contribution >= 0.6 is 0 Å². The zero-order valence-electron chi connectivity index (χ0n) is 12.0. The Labute approximate surface area is 126 Å². The van der Waals surface area contributed by atoms with Crippen molar-refractivity contribution in [1.29, 1.82) is 0 Å². The number of carbonyl (C=O) groups is 2. The van der Waals surface area contributed by atoms with Crippen LogP contribution in [0.5, 0.6) is 0 Å². The van der Waals surface area contributed by atoms with Gasteiger partial charge in [-0.1, -0.05) is 12.8 Å². The van der Waals surface area contributed by atoms with Gasteiger partial charge < -0.3 is 10.0 Å². The first-order chi connectivity index (χ1) is 10.5. The minimum atomic E-state index is -1.10. The summed E-state index contributed by atoms with van der Waals surface area (Å²) in [6.07, 6.45) is 4.12. The lowest BCUT2D eigenvalue weighted by Crippen LogP contribution is -2.46. The van der Waals surface area contributed by atoms with Crippen molar-refractivity contribution < 1.29 is 23.5 Å². The topological polar surface area (TPSA) is 57.6 Å². The third-order valence-electron chi connectivity index (χ3n) is 4.77. The molecule has 1 amide bonds. The lowest BCUT2D eigenvalue weighted by Gasteiger charge is -2.33. The summed E-state index contributed by atoms with van der Waals surface area (Å²) in [5, 5.41) is 9.40. The van der Waals surface area contributed by atoms with Gasteiger partial charge in [0.25, 0.3) is 5.91 Å². The Morgan fingerprint density at radius 3 is 2.55 bits per heavy atom. The van der Waals surface area contributed by atoms with E-state index in [-0.39, 0.29) is 17.5 Å². The number of halogens is 2. The molecule has 4 nitrogen and oxygen atoms in total. The molecule has 0 spiro atoms. The van der Waals surface area contributed by atoms with E-state index in [0.717, 1.165) is 37.8 Å². The molecule has 22 heavy (non-hydrogen) atoms. The minimum absolute atomic E-state index is 0.00336. The number of nitrogens with zero attached hydrogens (tertiary/aromatic N) is 1. The standard InChI is InChI=1S/C16H17F2NO3/c17-11-6-5-10(7-12(11)18)15(20)19-13-4-2-1-3-9(13)8-14(19)16(21)22/h5-7,9,13-14H,1-4,8H2,(H,21,22)/t9-,13-,14+/m1/s1. The fourth-order valence-corrected chi connectivity index (χ4v) is 3.75. The number of carboxylic acids is 1. The van der Waals surface area contributed by atoms with E-state index >= 15 is 0 Å². The molecule has 0 bridgehead atoms. The van der Waals surface area contributed by atoms with Crippen molar-refractivity contribution in [3.63, 3.8) is 0 Å². The van der Waals surface area contributed by atoms with Crippen molar-refractivity contribution in [2.24, 2.45) is 5.92 Å². The van der Waals surface area contributed by atoms with Crippen LogP contribution in [0.1, 0.15) is 42.5 Å². The van der Waals surface area contributed by atoms with Gasteiger partial charge in [0.2, 0.25) is 0 Å². The number of hydrogen-bond donors (Lipinski definition) is 1. The molecular formula is C16H17F2NO3. The first-order valence-corrected chi connectivity index (χ1v) is 7.49. The second-order valence-electron chi connectivity index (χ2n) is 6.04. The highest BCUT2D eigenvalue weighted by molar-refractivity contribution is 5.97. The second-order valence-corrected chi connectivity index (χ2v) is 6.04. The Morgan fingerprint density at radius 2 is 1.86 bits per heavy atom. The lowest BCUT2D eigenvalue weighted by molar-refractivity contribution is -0.141. The Balaban J connectivity index is 1.93. The van der Waals surface area contributed by atoms with Gasteiger partial charge in [-0.3, -0.25) is 4.79 Å². The number of rotatable bonds is 2. The van der Waals surface area contributed by atoms with Crippen LogP contribution in [0.25, 0.3) is 0 Å². The zero-order valence-corrected chi connectivity index (χ0v) is 12.0. The highest BCUT2D eigenvalue weighted by Crippen LogP contribution is 2.40. The number of amides is 1. The summed E-state index contributed by atoms with van der Waals surface area (Å²) >= 11 is 0. The van der Waals surface area contributed by atoms with Crippen LogP contribution in [-0.2, 0) is 4.79 Å². The number of carbonyl (C=O) groups excluding carboxylic acids is 1. The fraction of sp³-hybridized carbons (Fsp3) is 0.500. The number of hydrogen-bond acceptors (Lipinski definition) is 2. The molecule has 1 aliphatic carbocycles. The largest absolute Gasteiger partial charge is 0.480 e. The van der Waals surface area contributed by atoms with Crippen LogP contribution in [0, 0.1) is 17.6 Å². The molecular weight excluding hydrogens is 292 g/mol. The van der Waals surface area contributed by atoms with E-state index in [9.17, 15) is 23.5 Å². The number of aliphatic carboxylic acids is 1. The average Bonchev–Trinajstić information content (AvgIpc) is 2.89. The second kappa shape index (κ2) is 5.66. The van der Waals surface area contributed by atoms with E-state index in [1.807, 2.05) is 0 Å². The number of likely N-dealkylation sites (tertiary alicyclic amines) is 1. The number of fused-ring (bicyclic) bond motifs is 1. The highest BCUT2D eigenvalue weighted by Gasteiger charge is 2.47. The molecule has 1 heterocycles. The Hall–Kier alpha value is -1.98. The normalized spacial score (nSPS) is 27.5. The van der Waals surface area contributed by atoms with E-state index in [0.29, 0.717) is 6.42 Å². The van der Waals surface area contributed by atoms with Crippen LogP contribution < -0.4 is 0 Å². The van der Waals surface area contributed by atoms with Gasteiger partial charge in [0.1, 0.15) is 6.04 Å². The van der Waals surface area contributed by atoms with E-state index in [1.54, 1.807) is 0 Å². The van der Waals surface area contributed by atoms with Gasteiger partial charge in [0.05, 0.1) is 0 Å². The average molecular weight is 309 g/mol. The molecule has 1 aliphatic heterocycles. The van der Waals surface area contributed by atoms with Gasteiger partial charge in [-0.25, -0.2) is 13.6 Å². The summed E-state index contributed by atoms with van der Waals surface area (Å²) in [7, 11) is 0. The summed E-state index contributed by atoms with van der Waals surface area (Å²) in [4.78, 5) is 25.5. The first-order valence-electron chi connectivity index (χ1n) is 7.49. The summed E-state index contributed by atoms with van der Waals surface area (Å²) in [6, 6.07) is 1.94. The summed E-state index contributed by atoms with van der Waals surface area (Å²) in [5.74, 6) is -3.50. The molecule has 3 rings (SSSR count). The van der Waals surface area contributed by atoms with Gasteiger partial charge in [-0.2, -0.15) is 0 Å². The van der Waals surface area contributed by atoms with Crippen molar-refractivity contribution in [1.82, 2.24) is 4.90 Å². The summed E-state index contributed by atoms with van der Waals surface area (Å²) in [5.41, 5.74) is -0.00336.